The van der Waals surface area contributed by atoms with Gasteiger partial charge in [0.25, 0.3) is 17.5 Å². The van der Waals surface area contributed by atoms with Gasteiger partial charge >= 0.3 is 0 Å². The molecule has 0 spiro atoms. The van der Waals surface area contributed by atoms with Gasteiger partial charge in [-0.25, -0.2) is 0 Å². The summed E-state index contributed by atoms with van der Waals surface area (Å²) in [6.45, 7) is 0. The molecule has 0 atom stereocenters. The van der Waals surface area contributed by atoms with Crippen LogP contribution in [-0.4, -0.2) is 16.7 Å². The maximum atomic E-state index is 12.7. The number of nitro groups is 1. The summed E-state index contributed by atoms with van der Waals surface area (Å²) in [6.07, 6.45) is 0. The summed E-state index contributed by atoms with van der Waals surface area (Å²) in [5.41, 5.74) is 1.54. The number of carbonyl (C=O) groups excluding carboxylic acids is 2. The van der Waals surface area contributed by atoms with Gasteiger partial charge in [-0.15, -0.1) is 0 Å². The molecular weight excluding hydrogens is 474 g/mol. The quantitative estimate of drug-likeness (QED) is 0.264. The number of fused-ring (bicyclic) bond motifs is 1. The van der Waals surface area contributed by atoms with Gasteiger partial charge in [0, 0.05) is 38.9 Å². The van der Waals surface area contributed by atoms with Crippen molar-refractivity contribution in [3.05, 3.63) is 111 Å². The first-order chi connectivity index (χ1) is 15.4. The zero-order valence-corrected chi connectivity index (χ0v) is 18.1. The molecule has 4 rings (SSSR count). The summed E-state index contributed by atoms with van der Waals surface area (Å²) in [7, 11) is 0. The van der Waals surface area contributed by atoms with Crippen molar-refractivity contribution >= 4 is 55.6 Å². The van der Waals surface area contributed by atoms with Crippen molar-refractivity contribution in [1.82, 2.24) is 0 Å². The van der Waals surface area contributed by atoms with E-state index >= 15 is 0 Å². The van der Waals surface area contributed by atoms with Crippen molar-refractivity contribution in [2.24, 2.45) is 0 Å². The number of nitro benzene ring substituents is 1. The molecule has 32 heavy (non-hydrogen) atoms. The first kappa shape index (κ1) is 21.2. The van der Waals surface area contributed by atoms with Crippen molar-refractivity contribution in [1.29, 1.82) is 0 Å². The highest BCUT2D eigenvalue weighted by molar-refractivity contribution is 9.10. The van der Waals surface area contributed by atoms with Gasteiger partial charge in [0.1, 0.15) is 0 Å². The number of non-ortho nitro benzene ring substituents is 1. The van der Waals surface area contributed by atoms with Crippen LogP contribution in [0.5, 0.6) is 0 Å². The third kappa shape index (κ3) is 4.50. The van der Waals surface area contributed by atoms with E-state index < -0.39 is 10.8 Å². The number of hydrogen-bond donors (Lipinski definition) is 2. The standard InChI is InChI=1S/C24H16BrN3O4/c25-21-13-12-18(28(31)32)14-20(21)24(30)26-17-10-8-16(9-11-17)23(29)27-22-7-3-5-15-4-1-2-6-19(15)22/h1-14H,(H,26,30)(H,27,29). The average Bonchev–Trinajstić information content (AvgIpc) is 2.80. The molecule has 0 bridgehead atoms. The van der Waals surface area contributed by atoms with Crippen LogP contribution >= 0.6 is 15.9 Å². The molecular formula is C24H16BrN3O4. The maximum Gasteiger partial charge on any atom is 0.270 e. The molecule has 0 unspecified atom stereocenters. The largest absolute Gasteiger partial charge is 0.322 e. The molecule has 4 aromatic rings. The van der Waals surface area contributed by atoms with Crippen LogP contribution in [0.25, 0.3) is 10.8 Å². The fraction of sp³-hybridized carbons (Fsp3) is 0. The smallest absolute Gasteiger partial charge is 0.270 e. The Kier molecular flexibility index (Phi) is 5.96. The van der Waals surface area contributed by atoms with Crippen LogP contribution in [-0.2, 0) is 0 Å². The first-order valence-corrected chi connectivity index (χ1v) is 10.4. The molecule has 0 aromatic heterocycles. The van der Waals surface area contributed by atoms with Gasteiger partial charge < -0.3 is 10.6 Å². The third-order valence-electron chi connectivity index (χ3n) is 4.85. The number of amides is 2. The number of hydrogen-bond acceptors (Lipinski definition) is 4. The van der Waals surface area contributed by atoms with Crippen molar-refractivity contribution < 1.29 is 14.5 Å². The molecule has 0 saturated heterocycles. The van der Waals surface area contributed by atoms with E-state index in [4.69, 9.17) is 0 Å². The Morgan fingerprint density at radius 1 is 0.812 bits per heavy atom. The number of nitrogens with one attached hydrogen (secondary N) is 2. The molecule has 158 valence electrons. The average molecular weight is 490 g/mol. The van der Waals surface area contributed by atoms with E-state index in [1.165, 1.54) is 18.2 Å². The molecule has 0 aliphatic rings. The van der Waals surface area contributed by atoms with E-state index in [0.717, 1.165) is 10.8 Å². The second-order valence-corrected chi connectivity index (χ2v) is 7.79. The van der Waals surface area contributed by atoms with Gasteiger partial charge in [-0.3, -0.25) is 19.7 Å². The van der Waals surface area contributed by atoms with Gasteiger partial charge in [-0.2, -0.15) is 0 Å². The lowest BCUT2D eigenvalue weighted by molar-refractivity contribution is -0.384. The second kappa shape index (κ2) is 8.99. The van der Waals surface area contributed by atoms with Crippen LogP contribution < -0.4 is 10.6 Å². The van der Waals surface area contributed by atoms with Crippen molar-refractivity contribution in [3.63, 3.8) is 0 Å². The van der Waals surface area contributed by atoms with E-state index in [1.807, 2.05) is 42.5 Å². The number of halogens is 1. The van der Waals surface area contributed by atoms with Crippen molar-refractivity contribution in [3.8, 4) is 0 Å². The van der Waals surface area contributed by atoms with Crippen LogP contribution in [0.1, 0.15) is 20.7 Å². The first-order valence-electron chi connectivity index (χ1n) is 9.57. The van der Waals surface area contributed by atoms with Crippen LogP contribution in [0.4, 0.5) is 17.1 Å². The topological polar surface area (TPSA) is 101 Å². The monoisotopic (exact) mass is 489 g/mol. The molecule has 0 aliphatic carbocycles. The fourth-order valence-electron chi connectivity index (χ4n) is 3.23. The molecule has 0 aliphatic heterocycles. The normalized spacial score (nSPS) is 10.5. The number of carbonyl (C=O) groups is 2. The van der Waals surface area contributed by atoms with E-state index in [0.29, 0.717) is 21.4 Å². The van der Waals surface area contributed by atoms with Gasteiger partial charge in [-0.1, -0.05) is 36.4 Å². The Morgan fingerprint density at radius 2 is 1.53 bits per heavy atom. The van der Waals surface area contributed by atoms with Crippen molar-refractivity contribution in [2.75, 3.05) is 10.6 Å². The van der Waals surface area contributed by atoms with E-state index in [2.05, 4.69) is 26.6 Å². The maximum absolute atomic E-state index is 12.7. The van der Waals surface area contributed by atoms with Crippen LogP contribution in [0.3, 0.4) is 0 Å². The second-order valence-electron chi connectivity index (χ2n) is 6.93. The summed E-state index contributed by atoms with van der Waals surface area (Å²) in [5.74, 6) is -0.783. The molecule has 2 N–H and O–H groups in total. The molecule has 4 aromatic carbocycles. The minimum atomic E-state index is -0.563. The molecule has 0 fully saturated rings. The highest BCUT2D eigenvalue weighted by Gasteiger charge is 2.16. The lowest BCUT2D eigenvalue weighted by Gasteiger charge is -2.10. The summed E-state index contributed by atoms with van der Waals surface area (Å²) in [6, 6.07) is 23.8. The van der Waals surface area contributed by atoms with E-state index in [9.17, 15) is 19.7 Å². The SMILES string of the molecule is O=C(Nc1cccc2ccccc12)c1ccc(NC(=O)c2cc([N+](=O)[O-])ccc2Br)cc1. The van der Waals surface area contributed by atoms with E-state index in [-0.39, 0.29) is 17.2 Å². The molecule has 8 heteroatoms. The molecule has 0 heterocycles. The van der Waals surface area contributed by atoms with Crippen LogP contribution in [0.2, 0.25) is 0 Å². The van der Waals surface area contributed by atoms with E-state index in [1.54, 1.807) is 24.3 Å². The Morgan fingerprint density at radius 3 is 2.28 bits per heavy atom. The Hall–Kier alpha value is -4.04. The molecule has 7 nitrogen and oxygen atoms in total. The fourth-order valence-corrected chi connectivity index (χ4v) is 3.66. The molecule has 0 saturated carbocycles. The zero-order valence-electron chi connectivity index (χ0n) is 16.5. The van der Waals surface area contributed by atoms with Crippen LogP contribution in [0, 0.1) is 10.1 Å². The summed E-state index contributed by atoms with van der Waals surface area (Å²) < 4.78 is 0.437. The Balaban J connectivity index is 1.48. The van der Waals surface area contributed by atoms with Gasteiger partial charge in [-0.05, 0) is 57.7 Å². The van der Waals surface area contributed by atoms with Crippen LogP contribution in [0.15, 0.2) is 89.4 Å². The number of nitrogens with zero attached hydrogens (tertiary/aromatic N) is 1. The lowest BCUT2D eigenvalue weighted by atomic mass is 10.1. The molecule has 2 amide bonds. The Labute approximate surface area is 191 Å². The number of rotatable bonds is 5. The zero-order chi connectivity index (χ0) is 22.7. The summed E-state index contributed by atoms with van der Waals surface area (Å²) in [5, 5.41) is 18.5. The highest BCUT2D eigenvalue weighted by Crippen LogP contribution is 2.25. The lowest BCUT2D eigenvalue weighted by Crippen LogP contribution is -2.14. The Bertz CT molecular complexity index is 1350. The summed E-state index contributed by atoms with van der Waals surface area (Å²) >= 11 is 3.24. The van der Waals surface area contributed by atoms with Gasteiger partial charge in [0.15, 0.2) is 0 Å². The number of benzene rings is 4. The summed E-state index contributed by atoms with van der Waals surface area (Å²) in [4.78, 5) is 35.6. The van der Waals surface area contributed by atoms with Gasteiger partial charge in [0.2, 0.25) is 0 Å². The molecule has 0 radical (unpaired) electrons. The number of anilines is 2. The predicted octanol–water partition coefficient (Wildman–Crippen LogP) is 6.02. The van der Waals surface area contributed by atoms with Crippen molar-refractivity contribution in [2.45, 2.75) is 0 Å². The van der Waals surface area contributed by atoms with Gasteiger partial charge in [0.05, 0.1) is 10.5 Å². The minimum absolute atomic E-state index is 0.136. The minimum Gasteiger partial charge on any atom is -0.322 e. The predicted molar refractivity (Wildman–Crippen MR) is 127 cm³/mol. The third-order valence-corrected chi connectivity index (χ3v) is 5.54. The highest BCUT2D eigenvalue weighted by atomic mass is 79.9.